The summed E-state index contributed by atoms with van der Waals surface area (Å²) in [6.45, 7) is 10.0. The second-order valence-corrected chi connectivity index (χ2v) is 10.8. The van der Waals surface area contributed by atoms with Gasteiger partial charge < -0.3 is 37.6 Å². The first kappa shape index (κ1) is 32.9. The molecule has 4 aromatic rings. The molecule has 0 spiro atoms. The van der Waals surface area contributed by atoms with E-state index in [2.05, 4.69) is 6.58 Å². The smallest absolute Gasteiger partial charge is 0.344 e. The zero-order valence-corrected chi connectivity index (χ0v) is 26.4. The Bertz CT molecular complexity index is 1990. The van der Waals surface area contributed by atoms with Gasteiger partial charge in [0, 0.05) is 43.9 Å². The highest BCUT2D eigenvalue weighted by Crippen LogP contribution is 2.44. The van der Waals surface area contributed by atoms with Crippen LogP contribution < -0.4 is 19.8 Å². The molecule has 5 rings (SSSR count). The minimum absolute atomic E-state index is 0.0520. The quantitative estimate of drug-likeness (QED) is 0.0857. The van der Waals surface area contributed by atoms with Crippen molar-refractivity contribution in [2.45, 2.75) is 65.3 Å². The van der Waals surface area contributed by atoms with E-state index in [1.807, 2.05) is 0 Å². The maximum atomic E-state index is 13.3. The Balaban J connectivity index is 1.80. The highest BCUT2D eigenvalue weighted by Gasteiger charge is 2.51. The van der Waals surface area contributed by atoms with E-state index >= 15 is 0 Å². The van der Waals surface area contributed by atoms with Crippen LogP contribution in [-0.2, 0) is 38.1 Å². The van der Waals surface area contributed by atoms with Crippen LogP contribution in [0.4, 0.5) is 0 Å². The number of hydrogen-bond acceptors (Lipinski definition) is 13. The van der Waals surface area contributed by atoms with Gasteiger partial charge in [0.15, 0.2) is 12.2 Å². The summed E-state index contributed by atoms with van der Waals surface area (Å²) in [5, 5.41) is 1.52. The summed E-state index contributed by atoms with van der Waals surface area (Å²) in [5.41, 5.74) is 0.108. The van der Waals surface area contributed by atoms with Gasteiger partial charge in [0.2, 0.25) is 12.4 Å². The van der Waals surface area contributed by atoms with Crippen molar-refractivity contribution < 1.29 is 56.8 Å². The van der Waals surface area contributed by atoms with Crippen molar-refractivity contribution in [3.05, 3.63) is 59.0 Å². The predicted octanol–water partition coefficient (Wildman–Crippen LogP) is 4.60. The number of carbonyl (C=O) groups is 4. The molecule has 2 heterocycles. The predicted molar refractivity (Wildman–Crippen MR) is 167 cm³/mol. The second kappa shape index (κ2) is 13.1. The van der Waals surface area contributed by atoms with Crippen molar-refractivity contribution in [3.8, 4) is 17.2 Å². The van der Waals surface area contributed by atoms with Crippen molar-refractivity contribution in [2.75, 3.05) is 7.11 Å². The third-order valence-corrected chi connectivity index (χ3v) is 7.43. The van der Waals surface area contributed by atoms with Gasteiger partial charge in [-0.1, -0.05) is 24.8 Å². The Labute approximate surface area is 267 Å². The molecule has 3 aromatic carbocycles. The molecule has 0 radical (unpaired) electrons. The number of carbonyl (C=O) groups excluding carboxylic acids is 4. The molecule has 0 amide bonds. The van der Waals surface area contributed by atoms with Crippen molar-refractivity contribution in [1.82, 2.24) is 0 Å². The Morgan fingerprint density at radius 2 is 1.43 bits per heavy atom. The minimum Gasteiger partial charge on any atom is -0.496 e. The maximum absolute atomic E-state index is 13.3. The molecule has 246 valence electrons. The van der Waals surface area contributed by atoms with Gasteiger partial charge >= 0.3 is 29.5 Å². The summed E-state index contributed by atoms with van der Waals surface area (Å²) in [5.74, 6) is -2.37. The van der Waals surface area contributed by atoms with E-state index in [9.17, 15) is 24.0 Å². The van der Waals surface area contributed by atoms with E-state index < -0.39 is 60.2 Å². The van der Waals surface area contributed by atoms with Crippen LogP contribution in [0.1, 0.15) is 40.2 Å². The van der Waals surface area contributed by atoms with E-state index in [0.717, 1.165) is 13.8 Å². The summed E-state index contributed by atoms with van der Waals surface area (Å²) in [4.78, 5) is 61.9. The van der Waals surface area contributed by atoms with Crippen molar-refractivity contribution in [1.29, 1.82) is 0 Å². The summed E-state index contributed by atoms with van der Waals surface area (Å²) in [7, 11) is 1.45. The van der Waals surface area contributed by atoms with E-state index in [1.165, 1.54) is 27.0 Å². The molecule has 1 fully saturated rings. The van der Waals surface area contributed by atoms with Gasteiger partial charge in [-0.05, 0) is 36.8 Å². The molecular formula is C34H32O13. The van der Waals surface area contributed by atoms with Crippen LogP contribution in [0.5, 0.6) is 17.2 Å². The molecular weight excluding hydrogens is 616 g/mol. The molecule has 1 saturated heterocycles. The molecule has 13 heteroatoms. The standard InChI is InChI=1S/C34H32O13/c1-8-20-12-23-27(25(13-20)40-7)22-14-26(28-21(30(22)47-33(23)39)10-9-11-24(28)42-16(3)35)46-34-32(45-19(6)38)31(44-18(5)37)29(15(2)41-34)43-17(4)36/h8-15,29,31-32,34H,1H2,2-7H3/t15-,29-,31+,32+,34-/m0/s1. The van der Waals surface area contributed by atoms with Gasteiger partial charge in [-0.25, -0.2) is 4.79 Å². The fourth-order valence-corrected chi connectivity index (χ4v) is 5.71. The largest absolute Gasteiger partial charge is 0.496 e. The number of rotatable bonds is 8. The number of fused-ring (bicyclic) bond motifs is 5. The minimum atomic E-state index is -1.45. The normalized spacial score (nSPS) is 20.8. The first-order valence-electron chi connectivity index (χ1n) is 14.5. The first-order valence-corrected chi connectivity index (χ1v) is 14.5. The zero-order chi connectivity index (χ0) is 34.2. The third kappa shape index (κ3) is 6.47. The van der Waals surface area contributed by atoms with Gasteiger partial charge in [0.25, 0.3) is 0 Å². The monoisotopic (exact) mass is 648 g/mol. The highest BCUT2D eigenvalue weighted by molar-refractivity contribution is 6.19. The molecule has 13 nitrogen and oxygen atoms in total. The van der Waals surface area contributed by atoms with Crippen LogP contribution in [0.25, 0.3) is 38.6 Å². The van der Waals surface area contributed by atoms with E-state index in [-0.39, 0.29) is 27.9 Å². The van der Waals surface area contributed by atoms with Crippen LogP contribution in [0.2, 0.25) is 0 Å². The molecule has 0 unspecified atom stereocenters. The van der Waals surface area contributed by atoms with Crippen LogP contribution in [0, 0.1) is 0 Å². The molecule has 47 heavy (non-hydrogen) atoms. The number of methoxy groups -OCH3 is 1. The van der Waals surface area contributed by atoms with E-state index in [4.69, 9.17) is 37.6 Å². The van der Waals surface area contributed by atoms with Gasteiger partial charge in [-0.3, -0.25) is 19.2 Å². The lowest BCUT2D eigenvalue weighted by atomic mass is 9.98. The third-order valence-electron chi connectivity index (χ3n) is 7.43. The van der Waals surface area contributed by atoms with Crippen LogP contribution >= 0.6 is 0 Å². The van der Waals surface area contributed by atoms with Crippen molar-refractivity contribution >= 4 is 62.5 Å². The molecule has 0 N–H and O–H groups in total. The molecule has 0 bridgehead atoms. The van der Waals surface area contributed by atoms with Crippen LogP contribution in [0.3, 0.4) is 0 Å². The van der Waals surface area contributed by atoms with Gasteiger partial charge in [-0.15, -0.1) is 0 Å². The van der Waals surface area contributed by atoms with Gasteiger partial charge in [-0.2, -0.15) is 0 Å². The first-order chi connectivity index (χ1) is 22.3. The number of hydrogen-bond donors (Lipinski definition) is 0. The SMILES string of the molecule is C=Cc1cc(OC)c2c(c1)c(=O)oc1c3cccc(OC(C)=O)c3c(O[C@@H]3O[C@@H](C)[C@H](OC(C)=O)[C@@H](OC(C)=O)[C@H]3OC(C)=O)cc12. The lowest BCUT2D eigenvalue weighted by molar-refractivity contribution is -0.280. The summed E-state index contributed by atoms with van der Waals surface area (Å²) in [6.07, 6.45) is -4.73. The van der Waals surface area contributed by atoms with Crippen molar-refractivity contribution in [2.24, 2.45) is 0 Å². The van der Waals surface area contributed by atoms with Crippen LogP contribution in [0.15, 0.2) is 52.2 Å². The maximum Gasteiger partial charge on any atom is 0.344 e. The summed E-state index contributed by atoms with van der Waals surface area (Å²) < 4.78 is 46.1. The fourth-order valence-electron chi connectivity index (χ4n) is 5.71. The highest BCUT2D eigenvalue weighted by atomic mass is 16.7. The molecule has 1 aliphatic heterocycles. The number of ether oxygens (including phenoxy) is 7. The summed E-state index contributed by atoms with van der Waals surface area (Å²) in [6, 6.07) is 9.62. The lowest BCUT2D eigenvalue weighted by Gasteiger charge is -2.43. The Kier molecular flexibility index (Phi) is 9.20. The summed E-state index contributed by atoms with van der Waals surface area (Å²) >= 11 is 0. The van der Waals surface area contributed by atoms with Gasteiger partial charge in [0.05, 0.1) is 24.0 Å². The van der Waals surface area contributed by atoms with E-state index in [1.54, 1.807) is 43.3 Å². The number of benzene rings is 3. The average Bonchev–Trinajstić information content (AvgIpc) is 3.00. The van der Waals surface area contributed by atoms with Gasteiger partial charge in [0.1, 0.15) is 22.8 Å². The Morgan fingerprint density at radius 3 is 2.04 bits per heavy atom. The zero-order valence-electron chi connectivity index (χ0n) is 26.4. The Morgan fingerprint density at radius 1 is 0.766 bits per heavy atom. The molecule has 1 aromatic heterocycles. The average molecular weight is 649 g/mol. The topological polar surface area (TPSA) is 163 Å². The van der Waals surface area contributed by atoms with Crippen LogP contribution in [-0.4, -0.2) is 61.7 Å². The molecule has 0 saturated carbocycles. The Hall–Kier alpha value is -5.43. The van der Waals surface area contributed by atoms with E-state index in [0.29, 0.717) is 27.5 Å². The number of esters is 4. The lowest BCUT2D eigenvalue weighted by Crippen LogP contribution is -2.62. The molecule has 5 atom stereocenters. The fraction of sp³-hybridized carbons (Fsp3) is 0.324. The molecule has 0 aliphatic carbocycles. The molecule has 1 aliphatic rings. The second-order valence-electron chi connectivity index (χ2n) is 10.8. The van der Waals surface area contributed by atoms with Crippen molar-refractivity contribution in [3.63, 3.8) is 0 Å².